The number of alkyl halides is 3. The fourth-order valence-electron chi connectivity index (χ4n) is 4.91. The van der Waals surface area contributed by atoms with E-state index in [-0.39, 0.29) is 49.5 Å². The molecule has 6 rings (SSSR count). The molecule has 1 saturated heterocycles. The minimum absolute atomic E-state index is 0.0527. The summed E-state index contributed by atoms with van der Waals surface area (Å²) < 4.78 is 56.4. The summed E-state index contributed by atoms with van der Waals surface area (Å²) in [4.78, 5) is 19.7. The van der Waals surface area contributed by atoms with Gasteiger partial charge in [-0.3, -0.25) is 4.90 Å². The molecule has 0 radical (unpaired) electrons. The van der Waals surface area contributed by atoms with Crippen LogP contribution in [0.1, 0.15) is 30.9 Å². The third-order valence-corrected chi connectivity index (χ3v) is 6.58. The van der Waals surface area contributed by atoms with Crippen molar-refractivity contribution in [2.75, 3.05) is 31.6 Å². The first-order valence-electron chi connectivity index (χ1n) is 12.3. The smallest absolute Gasteiger partial charge is 0.333 e. The maximum Gasteiger partial charge on any atom is 0.333 e. The number of imidazole rings is 1. The predicted octanol–water partition coefficient (Wildman–Crippen LogP) is 3.54. The van der Waals surface area contributed by atoms with Crippen LogP contribution in [0.2, 0.25) is 0 Å². The van der Waals surface area contributed by atoms with Gasteiger partial charge in [0.1, 0.15) is 36.6 Å². The van der Waals surface area contributed by atoms with Gasteiger partial charge in [0.15, 0.2) is 23.0 Å². The van der Waals surface area contributed by atoms with Crippen molar-refractivity contribution in [1.29, 1.82) is 0 Å². The van der Waals surface area contributed by atoms with E-state index in [0.717, 1.165) is 19.4 Å². The van der Waals surface area contributed by atoms with Crippen LogP contribution in [0.5, 0.6) is 5.75 Å². The van der Waals surface area contributed by atoms with Crippen LogP contribution in [-0.2, 0) is 11.3 Å². The lowest BCUT2D eigenvalue weighted by Crippen LogP contribution is -2.39. The van der Waals surface area contributed by atoms with Crippen molar-refractivity contribution < 1.29 is 22.6 Å². The topological polar surface area (TPSA) is 108 Å². The van der Waals surface area contributed by atoms with Gasteiger partial charge in [0.2, 0.25) is 0 Å². The van der Waals surface area contributed by atoms with E-state index in [0.29, 0.717) is 33.5 Å². The molecule has 14 heteroatoms. The molecule has 0 aliphatic carbocycles. The van der Waals surface area contributed by atoms with Crippen molar-refractivity contribution in [3.05, 3.63) is 42.4 Å². The van der Waals surface area contributed by atoms with Crippen LogP contribution in [0.4, 0.5) is 24.8 Å². The summed E-state index contributed by atoms with van der Waals surface area (Å²) >= 11 is 0. The molecule has 0 aromatic carbocycles. The monoisotopic (exact) mass is 529 g/mol. The molecule has 0 amide bonds. The molecule has 38 heavy (non-hydrogen) atoms. The van der Waals surface area contributed by atoms with Gasteiger partial charge in [-0.1, -0.05) is 0 Å². The third kappa shape index (κ3) is 5.00. The molecular formula is C24H26F3N9O2. The Morgan fingerprint density at radius 2 is 2.00 bits per heavy atom. The van der Waals surface area contributed by atoms with E-state index in [9.17, 15) is 13.2 Å². The second-order valence-electron chi connectivity index (χ2n) is 9.39. The standard InChI is InChI=1S/C24H26F3N9O2/c1-14-5-19-31-20-10-35-9-17(28-7-22(35)33-20)23-18(6-29-36(23)24(26)27)38-12-16-3-2-4-34(16)8-15(25)11-37-13-21(30-14)32-19/h5-7,9-10,15-16,24H,2-4,8,11-13H2,1H3,(H,30,31,32)/t15?,16-/m1/s1. The molecule has 1 fully saturated rings. The number of aryl methyl sites for hydroxylation is 1. The van der Waals surface area contributed by atoms with Crippen molar-refractivity contribution in [2.24, 2.45) is 0 Å². The highest BCUT2D eigenvalue weighted by molar-refractivity contribution is 5.64. The molecule has 0 spiro atoms. The lowest BCUT2D eigenvalue weighted by Gasteiger charge is -2.26. The zero-order valence-electron chi connectivity index (χ0n) is 20.6. The van der Waals surface area contributed by atoms with Gasteiger partial charge in [-0.15, -0.1) is 0 Å². The number of rotatable bonds is 1. The first-order valence-corrected chi connectivity index (χ1v) is 12.3. The van der Waals surface area contributed by atoms with E-state index in [1.165, 1.54) is 12.4 Å². The normalized spacial score (nSPS) is 20.9. The molecule has 11 nitrogen and oxygen atoms in total. The Morgan fingerprint density at radius 3 is 2.87 bits per heavy atom. The van der Waals surface area contributed by atoms with Crippen molar-refractivity contribution in [2.45, 2.75) is 45.1 Å². The average Bonchev–Trinajstić information content (AvgIpc) is 3.59. The Balaban J connectivity index is 1.39. The Labute approximate surface area is 215 Å². The number of halogens is 3. The highest BCUT2D eigenvalue weighted by Gasteiger charge is 2.29. The fourth-order valence-corrected chi connectivity index (χ4v) is 4.91. The summed E-state index contributed by atoms with van der Waals surface area (Å²) in [6.07, 6.45) is 6.51. The number of nitrogens with zero attached hydrogens (tertiary/aromatic N) is 8. The minimum Gasteiger partial charge on any atom is -0.488 e. The van der Waals surface area contributed by atoms with Crippen molar-refractivity contribution in [3.8, 4) is 17.1 Å². The molecule has 200 valence electrons. The van der Waals surface area contributed by atoms with Gasteiger partial charge >= 0.3 is 6.55 Å². The summed E-state index contributed by atoms with van der Waals surface area (Å²) in [6, 6.07) is 1.68. The summed E-state index contributed by atoms with van der Waals surface area (Å²) in [5.41, 5.74) is 1.50. The maximum atomic E-state index is 14.8. The summed E-state index contributed by atoms with van der Waals surface area (Å²) in [7, 11) is 0. The van der Waals surface area contributed by atoms with Gasteiger partial charge in [0.05, 0.1) is 25.2 Å². The zero-order chi connectivity index (χ0) is 26.2. The molecule has 2 aliphatic heterocycles. The number of hydrogen-bond donors (Lipinski definition) is 1. The van der Waals surface area contributed by atoms with E-state index >= 15 is 0 Å². The van der Waals surface area contributed by atoms with Crippen LogP contribution in [-0.4, -0.2) is 77.5 Å². The molecule has 6 heterocycles. The molecule has 4 aromatic heterocycles. The molecular weight excluding hydrogens is 503 g/mol. The lowest BCUT2D eigenvalue weighted by atomic mass is 10.2. The van der Waals surface area contributed by atoms with E-state index in [4.69, 9.17) is 9.47 Å². The van der Waals surface area contributed by atoms with Crippen LogP contribution in [0.25, 0.3) is 17.0 Å². The number of fused-ring (bicyclic) bond motifs is 7. The Hall–Kier alpha value is -3.78. The Bertz CT molecular complexity index is 1440. The SMILES string of the molecule is Cc1cc2nc(n1)COCC(F)CN1CCC[C@@H]1COc1cnn(C(F)F)c1-c1cn3cc(nc3cn1)N2. The number of nitrogens with one attached hydrogen (secondary N) is 1. The van der Waals surface area contributed by atoms with Gasteiger partial charge in [-0.2, -0.15) is 18.6 Å². The molecule has 0 saturated carbocycles. The van der Waals surface area contributed by atoms with Crippen molar-refractivity contribution in [3.63, 3.8) is 0 Å². The highest BCUT2D eigenvalue weighted by atomic mass is 19.3. The Morgan fingerprint density at radius 1 is 1.11 bits per heavy atom. The van der Waals surface area contributed by atoms with E-state index in [2.05, 4.69) is 30.4 Å². The van der Waals surface area contributed by atoms with Crippen LogP contribution in [0, 0.1) is 6.92 Å². The number of ether oxygens (including phenoxy) is 2. The first kappa shape index (κ1) is 24.6. The maximum absolute atomic E-state index is 14.8. The van der Waals surface area contributed by atoms with Crippen LogP contribution < -0.4 is 10.1 Å². The van der Waals surface area contributed by atoms with Gasteiger partial charge < -0.3 is 19.2 Å². The van der Waals surface area contributed by atoms with Gasteiger partial charge in [0, 0.05) is 30.5 Å². The summed E-state index contributed by atoms with van der Waals surface area (Å²) in [5.74, 6) is 1.56. The second-order valence-corrected chi connectivity index (χ2v) is 9.39. The molecule has 2 atom stereocenters. The number of aromatic nitrogens is 7. The molecule has 1 unspecified atom stereocenters. The van der Waals surface area contributed by atoms with Gasteiger partial charge in [-0.05, 0) is 26.3 Å². The van der Waals surface area contributed by atoms with Crippen LogP contribution >= 0.6 is 0 Å². The number of hydrogen-bond acceptors (Lipinski definition) is 9. The minimum atomic E-state index is -2.89. The molecule has 4 aromatic rings. The quantitative estimate of drug-likeness (QED) is 0.396. The fraction of sp³-hybridized carbons (Fsp3) is 0.458. The summed E-state index contributed by atoms with van der Waals surface area (Å²) in [6.45, 7) is -0.00152. The molecule has 1 N–H and O–H groups in total. The summed E-state index contributed by atoms with van der Waals surface area (Å²) in [5, 5.41) is 6.97. The first-order chi connectivity index (χ1) is 18.4. The predicted molar refractivity (Wildman–Crippen MR) is 130 cm³/mol. The molecule has 2 aliphatic rings. The van der Waals surface area contributed by atoms with E-state index in [1.54, 1.807) is 22.9 Å². The highest BCUT2D eigenvalue weighted by Crippen LogP contribution is 2.33. The van der Waals surface area contributed by atoms with Crippen LogP contribution in [0.3, 0.4) is 0 Å². The largest absolute Gasteiger partial charge is 0.488 e. The average molecular weight is 530 g/mol. The Kier molecular flexibility index (Phi) is 6.57. The van der Waals surface area contributed by atoms with Crippen molar-refractivity contribution >= 4 is 17.3 Å². The van der Waals surface area contributed by atoms with Gasteiger partial charge in [-0.25, -0.2) is 24.3 Å². The van der Waals surface area contributed by atoms with E-state index in [1.807, 2.05) is 11.8 Å². The number of anilines is 2. The zero-order valence-corrected chi connectivity index (χ0v) is 20.6. The van der Waals surface area contributed by atoms with Gasteiger partial charge in [0.25, 0.3) is 0 Å². The van der Waals surface area contributed by atoms with Crippen LogP contribution in [0.15, 0.2) is 30.9 Å². The lowest BCUT2D eigenvalue weighted by molar-refractivity contribution is 0.0430. The third-order valence-electron chi connectivity index (χ3n) is 6.58. The molecule has 5 bridgehead atoms. The van der Waals surface area contributed by atoms with E-state index < -0.39 is 12.7 Å². The van der Waals surface area contributed by atoms with Crippen molar-refractivity contribution in [1.82, 2.24) is 39.0 Å². The second kappa shape index (κ2) is 10.2.